The fourth-order valence-electron chi connectivity index (χ4n) is 5.52. The first kappa shape index (κ1) is 18.8. The van der Waals surface area contributed by atoms with Crippen LogP contribution in [0.4, 0.5) is 0 Å². The Labute approximate surface area is 162 Å². The molecule has 2 atom stereocenters. The summed E-state index contributed by atoms with van der Waals surface area (Å²) in [6.45, 7) is 1.43. The average molecular weight is 376 g/mol. The van der Waals surface area contributed by atoms with Gasteiger partial charge in [0.1, 0.15) is 12.1 Å². The van der Waals surface area contributed by atoms with Crippen molar-refractivity contribution in [2.24, 2.45) is 11.8 Å². The fraction of sp³-hybridized carbons (Fsp3) is 0.857. The number of carbonyl (C=O) groups excluding carboxylic acids is 3. The lowest BCUT2D eigenvalue weighted by Crippen LogP contribution is -2.70. The van der Waals surface area contributed by atoms with Crippen LogP contribution < -0.4 is 5.32 Å². The summed E-state index contributed by atoms with van der Waals surface area (Å²) in [5, 5.41) is 2.98. The summed E-state index contributed by atoms with van der Waals surface area (Å²) in [5.74, 6) is 0.857. The molecule has 0 unspecified atom stereocenters. The van der Waals surface area contributed by atoms with Crippen LogP contribution in [0, 0.1) is 11.8 Å². The maximum Gasteiger partial charge on any atom is 0.245 e. The van der Waals surface area contributed by atoms with Gasteiger partial charge in [-0.2, -0.15) is 0 Å². The average Bonchev–Trinajstić information content (AvgIpc) is 2.72. The molecule has 6 heteroatoms. The number of carbonyl (C=O) groups is 3. The Morgan fingerprint density at radius 1 is 0.926 bits per heavy atom. The van der Waals surface area contributed by atoms with E-state index in [1.807, 2.05) is 4.90 Å². The Balaban J connectivity index is 1.37. The summed E-state index contributed by atoms with van der Waals surface area (Å²) in [6, 6.07) is -0.862. The van der Waals surface area contributed by atoms with E-state index in [4.69, 9.17) is 0 Å². The predicted octanol–water partition coefficient (Wildman–Crippen LogP) is 2.07. The van der Waals surface area contributed by atoms with E-state index in [2.05, 4.69) is 5.32 Å². The summed E-state index contributed by atoms with van der Waals surface area (Å²) >= 11 is 0. The molecule has 2 aliphatic carbocycles. The fourth-order valence-corrected chi connectivity index (χ4v) is 5.52. The molecule has 0 bridgehead atoms. The van der Waals surface area contributed by atoms with Gasteiger partial charge in [0.05, 0.1) is 6.54 Å². The number of amides is 3. The molecule has 2 aliphatic heterocycles. The highest BCUT2D eigenvalue weighted by atomic mass is 16.2. The van der Waals surface area contributed by atoms with Gasteiger partial charge in [-0.25, -0.2) is 0 Å². The third kappa shape index (κ3) is 3.99. The summed E-state index contributed by atoms with van der Waals surface area (Å²) in [7, 11) is 0. The molecule has 2 saturated heterocycles. The Bertz CT molecular complexity index is 581. The van der Waals surface area contributed by atoms with Gasteiger partial charge in [0, 0.05) is 19.0 Å². The molecule has 0 spiro atoms. The van der Waals surface area contributed by atoms with Crippen molar-refractivity contribution in [1.29, 1.82) is 0 Å². The van der Waals surface area contributed by atoms with E-state index in [0.717, 1.165) is 32.1 Å². The van der Waals surface area contributed by atoms with Crippen LogP contribution in [0.15, 0.2) is 0 Å². The zero-order chi connectivity index (χ0) is 18.8. The summed E-state index contributed by atoms with van der Waals surface area (Å²) in [4.78, 5) is 42.1. The predicted molar refractivity (Wildman–Crippen MR) is 102 cm³/mol. The minimum Gasteiger partial charge on any atom is -0.342 e. The second kappa shape index (κ2) is 8.19. The van der Waals surface area contributed by atoms with Crippen LogP contribution in [0.2, 0.25) is 0 Å². The third-order valence-electron chi connectivity index (χ3n) is 7.14. The second-order valence-electron chi connectivity index (χ2n) is 8.97. The smallest absolute Gasteiger partial charge is 0.245 e. The standard InChI is InChI=1S/C21H33N3O3/c25-19-18-14-23(20(26)16-9-5-2-6-10-16)11-12-24(18)21(27)17(22-19)13-15-7-3-1-4-8-15/h15-18H,1-14H2,(H,22,25)/t17-,18-/m0/s1. The Morgan fingerprint density at radius 3 is 2.30 bits per heavy atom. The van der Waals surface area contributed by atoms with Gasteiger partial charge in [0.25, 0.3) is 0 Å². The van der Waals surface area contributed by atoms with Crippen molar-refractivity contribution in [3.8, 4) is 0 Å². The first-order valence-electron chi connectivity index (χ1n) is 11.0. The molecule has 0 aromatic rings. The van der Waals surface area contributed by atoms with Crippen LogP contribution >= 0.6 is 0 Å². The Morgan fingerprint density at radius 2 is 1.59 bits per heavy atom. The van der Waals surface area contributed by atoms with Gasteiger partial charge in [-0.15, -0.1) is 0 Å². The van der Waals surface area contributed by atoms with Crippen LogP contribution in [-0.4, -0.2) is 59.2 Å². The van der Waals surface area contributed by atoms with Crippen molar-refractivity contribution < 1.29 is 14.4 Å². The van der Waals surface area contributed by atoms with Crippen molar-refractivity contribution in [2.75, 3.05) is 19.6 Å². The largest absolute Gasteiger partial charge is 0.342 e. The monoisotopic (exact) mass is 375 g/mol. The minimum absolute atomic E-state index is 0.0648. The van der Waals surface area contributed by atoms with Crippen molar-refractivity contribution in [1.82, 2.24) is 15.1 Å². The quantitative estimate of drug-likeness (QED) is 0.821. The first-order chi connectivity index (χ1) is 13.1. The van der Waals surface area contributed by atoms with Crippen LogP contribution in [0.5, 0.6) is 0 Å². The maximum absolute atomic E-state index is 13.0. The summed E-state index contributed by atoms with van der Waals surface area (Å²) in [5.41, 5.74) is 0. The molecule has 0 aromatic carbocycles. The third-order valence-corrected chi connectivity index (χ3v) is 7.14. The van der Waals surface area contributed by atoms with Crippen LogP contribution in [-0.2, 0) is 14.4 Å². The molecule has 4 aliphatic rings. The number of hydrogen-bond donors (Lipinski definition) is 1. The van der Waals surface area contributed by atoms with Crippen LogP contribution in [0.25, 0.3) is 0 Å². The molecule has 0 radical (unpaired) electrons. The van der Waals surface area contributed by atoms with E-state index in [-0.39, 0.29) is 29.7 Å². The zero-order valence-electron chi connectivity index (χ0n) is 16.3. The zero-order valence-corrected chi connectivity index (χ0v) is 16.3. The molecule has 6 nitrogen and oxygen atoms in total. The molecule has 4 fully saturated rings. The normalized spacial score (nSPS) is 30.8. The lowest BCUT2D eigenvalue weighted by molar-refractivity contribution is -0.157. The van der Waals surface area contributed by atoms with Crippen molar-refractivity contribution in [3.05, 3.63) is 0 Å². The molecular weight excluding hydrogens is 342 g/mol. The van der Waals surface area contributed by atoms with Gasteiger partial charge in [-0.3, -0.25) is 14.4 Å². The van der Waals surface area contributed by atoms with E-state index in [9.17, 15) is 14.4 Å². The number of hydrogen-bond acceptors (Lipinski definition) is 3. The van der Waals surface area contributed by atoms with E-state index in [1.165, 1.54) is 38.5 Å². The van der Waals surface area contributed by atoms with Crippen molar-refractivity contribution in [2.45, 2.75) is 82.7 Å². The molecule has 1 N–H and O–H groups in total. The molecule has 0 aromatic heterocycles. The van der Waals surface area contributed by atoms with Crippen molar-refractivity contribution >= 4 is 17.7 Å². The molecule has 2 saturated carbocycles. The SMILES string of the molecule is O=C1N[C@@H](CC2CCCCC2)C(=O)N2CCN(C(=O)C3CCCCC3)C[C@@H]12. The summed E-state index contributed by atoms with van der Waals surface area (Å²) in [6.07, 6.45) is 12.3. The summed E-state index contributed by atoms with van der Waals surface area (Å²) < 4.78 is 0. The van der Waals surface area contributed by atoms with Crippen LogP contribution in [0.1, 0.15) is 70.6 Å². The molecule has 4 rings (SSSR count). The topological polar surface area (TPSA) is 69.7 Å². The lowest BCUT2D eigenvalue weighted by Gasteiger charge is -2.46. The van der Waals surface area contributed by atoms with Gasteiger partial charge in [-0.1, -0.05) is 51.4 Å². The number of rotatable bonds is 3. The number of nitrogens with zero attached hydrogens (tertiary/aromatic N) is 2. The molecule has 3 amide bonds. The highest BCUT2D eigenvalue weighted by molar-refractivity contribution is 5.97. The Kier molecular flexibility index (Phi) is 5.69. The highest BCUT2D eigenvalue weighted by Crippen LogP contribution is 2.30. The highest BCUT2D eigenvalue weighted by Gasteiger charge is 2.45. The lowest BCUT2D eigenvalue weighted by atomic mass is 9.83. The van der Waals surface area contributed by atoms with E-state index in [1.54, 1.807) is 4.90 Å². The maximum atomic E-state index is 13.0. The van der Waals surface area contributed by atoms with Gasteiger partial charge < -0.3 is 15.1 Å². The minimum atomic E-state index is -0.499. The van der Waals surface area contributed by atoms with Gasteiger partial charge in [0.15, 0.2) is 0 Å². The molecular formula is C21H33N3O3. The number of fused-ring (bicyclic) bond motifs is 1. The van der Waals surface area contributed by atoms with E-state index >= 15 is 0 Å². The Hall–Kier alpha value is -1.59. The van der Waals surface area contributed by atoms with Crippen LogP contribution in [0.3, 0.4) is 0 Å². The molecule has 27 heavy (non-hydrogen) atoms. The first-order valence-corrected chi connectivity index (χ1v) is 11.0. The van der Waals surface area contributed by atoms with Gasteiger partial charge in [-0.05, 0) is 25.2 Å². The van der Waals surface area contributed by atoms with E-state index < -0.39 is 6.04 Å². The van der Waals surface area contributed by atoms with E-state index in [0.29, 0.717) is 25.6 Å². The molecule has 150 valence electrons. The number of piperazine rings is 2. The second-order valence-corrected chi connectivity index (χ2v) is 8.97. The van der Waals surface area contributed by atoms with Gasteiger partial charge in [0.2, 0.25) is 17.7 Å². The molecule has 2 heterocycles. The number of nitrogens with one attached hydrogen (secondary N) is 1. The van der Waals surface area contributed by atoms with Gasteiger partial charge >= 0.3 is 0 Å². The van der Waals surface area contributed by atoms with Crippen molar-refractivity contribution in [3.63, 3.8) is 0 Å².